The summed E-state index contributed by atoms with van der Waals surface area (Å²) in [4.78, 5) is 27.6. The van der Waals surface area contributed by atoms with Gasteiger partial charge in [0.1, 0.15) is 16.9 Å². The number of thioether (sulfide) groups is 1. The molecule has 1 fully saturated rings. The molecule has 1 aliphatic rings. The highest BCUT2D eigenvalue weighted by molar-refractivity contribution is 8.00. The molecule has 1 heterocycles. The van der Waals surface area contributed by atoms with E-state index < -0.39 is 0 Å². The number of ether oxygens (including phenoxy) is 2. The summed E-state index contributed by atoms with van der Waals surface area (Å²) in [7, 11) is 3.09. The predicted molar refractivity (Wildman–Crippen MR) is 142 cm³/mol. The Morgan fingerprint density at radius 2 is 1.63 bits per heavy atom. The van der Waals surface area contributed by atoms with Crippen LogP contribution in [0, 0.1) is 0 Å². The fraction of sp³-hybridized carbons (Fsp3) is 0.286. The smallest absolute Gasteiger partial charge is 0.255 e. The molecule has 1 aliphatic heterocycles. The molecule has 0 saturated carbocycles. The lowest BCUT2D eigenvalue weighted by molar-refractivity contribution is -0.115. The topological polar surface area (TPSA) is 67.9 Å². The van der Waals surface area contributed by atoms with Gasteiger partial charge < -0.3 is 14.8 Å². The molecule has 1 atom stereocenters. The zero-order valence-corrected chi connectivity index (χ0v) is 21.4. The van der Waals surface area contributed by atoms with Gasteiger partial charge in [-0.1, -0.05) is 45.0 Å². The van der Waals surface area contributed by atoms with Crippen molar-refractivity contribution < 1.29 is 19.1 Å². The number of nitrogens with zero attached hydrogens (tertiary/aromatic N) is 1. The lowest BCUT2D eigenvalue weighted by atomic mass is 9.87. The van der Waals surface area contributed by atoms with Gasteiger partial charge in [-0.3, -0.25) is 14.5 Å². The first kappa shape index (κ1) is 24.7. The summed E-state index contributed by atoms with van der Waals surface area (Å²) in [6, 6.07) is 20.9. The maximum absolute atomic E-state index is 12.9. The van der Waals surface area contributed by atoms with Crippen LogP contribution in [0.4, 0.5) is 11.4 Å². The Labute approximate surface area is 210 Å². The van der Waals surface area contributed by atoms with Crippen molar-refractivity contribution in [3.8, 4) is 11.5 Å². The predicted octanol–water partition coefficient (Wildman–Crippen LogP) is 6.03. The van der Waals surface area contributed by atoms with Crippen LogP contribution in [0.1, 0.15) is 47.6 Å². The van der Waals surface area contributed by atoms with Crippen LogP contribution < -0.4 is 19.7 Å². The first-order valence-corrected chi connectivity index (χ1v) is 12.4. The zero-order chi connectivity index (χ0) is 25.2. The molecule has 7 heteroatoms. The second-order valence-corrected chi connectivity index (χ2v) is 10.5. The number of carbonyl (C=O) groups excluding carboxylic acids is 2. The molecule has 0 bridgehead atoms. The lowest BCUT2D eigenvalue weighted by Gasteiger charge is -2.26. The molecule has 1 unspecified atom stereocenters. The standard InChI is InChI=1S/C28H30N2O4S/c1-28(2,3)20-9-11-22(12-10-20)30-25(31)17-35-27(30)18-7-6-8-21(13-18)29-26(32)19-14-23(33-4)16-24(15-19)34-5/h6-16,27H,17H2,1-5H3,(H,29,32). The van der Waals surface area contributed by atoms with E-state index in [-0.39, 0.29) is 22.6 Å². The van der Waals surface area contributed by atoms with Crippen LogP contribution >= 0.6 is 11.8 Å². The van der Waals surface area contributed by atoms with Crippen LogP contribution in [0.15, 0.2) is 66.7 Å². The summed E-state index contributed by atoms with van der Waals surface area (Å²) in [5.41, 5.74) is 4.16. The van der Waals surface area contributed by atoms with Gasteiger partial charge in [-0.15, -0.1) is 11.8 Å². The fourth-order valence-corrected chi connectivity index (χ4v) is 5.15. The number of benzene rings is 3. The number of carbonyl (C=O) groups is 2. The molecule has 1 saturated heterocycles. The summed E-state index contributed by atoms with van der Waals surface area (Å²) in [6.45, 7) is 6.51. The monoisotopic (exact) mass is 490 g/mol. The largest absolute Gasteiger partial charge is 0.497 e. The van der Waals surface area contributed by atoms with Gasteiger partial charge in [0, 0.05) is 23.0 Å². The number of amides is 2. The average molecular weight is 491 g/mol. The minimum Gasteiger partial charge on any atom is -0.497 e. The highest BCUT2D eigenvalue weighted by atomic mass is 32.2. The van der Waals surface area contributed by atoms with E-state index in [1.165, 1.54) is 5.56 Å². The van der Waals surface area contributed by atoms with Crippen molar-refractivity contribution in [2.24, 2.45) is 0 Å². The quantitative estimate of drug-likeness (QED) is 0.457. The molecular weight excluding hydrogens is 460 g/mol. The van der Waals surface area contributed by atoms with Gasteiger partial charge in [0.05, 0.1) is 20.0 Å². The van der Waals surface area contributed by atoms with E-state index in [4.69, 9.17) is 9.47 Å². The number of anilines is 2. The summed E-state index contributed by atoms with van der Waals surface area (Å²) >= 11 is 1.58. The molecule has 6 nitrogen and oxygen atoms in total. The molecule has 4 rings (SSSR count). The van der Waals surface area contributed by atoms with Gasteiger partial charge in [-0.05, 0) is 52.9 Å². The normalized spacial score (nSPS) is 15.7. The molecule has 0 radical (unpaired) electrons. The van der Waals surface area contributed by atoms with Gasteiger partial charge in [0.15, 0.2) is 0 Å². The SMILES string of the molecule is COc1cc(OC)cc(C(=O)Nc2cccc(C3SCC(=O)N3c3ccc(C(C)(C)C)cc3)c2)c1. The molecule has 3 aromatic carbocycles. The van der Waals surface area contributed by atoms with Crippen molar-refractivity contribution >= 4 is 35.0 Å². The summed E-state index contributed by atoms with van der Waals surface area (Å²) in [5, 5.41) is 2.78. The van der Waals surface area contributed by atoms with E-state index in [9.17, 15) is 9.59 Å². The zero-order valence-electron chi connectivity index (χ0n) is 20.6. The number of methoxy groups -OCH3 is 2. The van der Waals surface area contributed by atoms with Crippen molar-refractivity contribution in [3.63, 3.8) is 0 Å². The maximum Gasteiger partial charge on any atom is 0.255 e. The summed E-state index contributed by atoms with van der Waals surface area (Å²) in [6.07, 6.45) is 0. The average Bonchev–Trinajstić information content (AvgIpc) is 3.24. The van der Waals surface area contributed by atoms with Gasteiger partial charge >= 0.3 is 0 Å². The maximum atomic E-state index is 12.9. The minimum absolute atomic E-state index is 0.0427. The third-order valence-electron chi connectivity index (χ3n) is 5.92. The van der Waals surface area contributed by atoms with E-state index in [0.717, 1.165) is 11.3 Å². The molecule has 182 valence electrons. The van der Waals surface area contributed by atoms with Crippen LogP contribution in [0.25, 0.3) is 0 Å². The molecule has 0 aliphatic carbocycles. The van der Waals surface area contributed by atoms with Crippen LogP contribution in [-0.2, 0) is 10.2 Å². The van der Waals surface area contributed by atoms with Crippen molar-refractivity contribution in [3.05, 3.63) is 83.4 Å². The van der Waals surface area contributed by atoms with E-state index in [2.05, 4.69) is 38.2 Å². The third-order valence-corrected chi connectivity index (χ3v) is 7.14. The number of nitrogens with one attached hydrogen (secondary N) is 1. The second-order valence-electron chi connectivity index (χ2n) is 9.40. The molecular formula is C28H30N2O4S. The fourth-order valence-electron chi connectivity index (χ4n) is 3.98. The van der Waals surface area contributed by atoms with E-state index in [1.807, 2.05) is 41.3 Å². The van der Waals surface area contributed by atoms with E-state index >= 15 is 0 Å². The van der Waals surface area contributed by atoms with Crippen molar-refractivity contribution in [1.82, 2.24) is 0 Å². The van der Waals surface area contributed by atoms with Crippen LogP contribution in [0.5, 0.6) is 11.5 Å². The number of rotatable bonds is 6. The highest BCUT2D eigenvalue weighted by Gasteiger charge is 2.34. The van der Waals surface area contributed by atoms with Gasteiger partial charge in [-0.25, -0.2) is 0 Å². The van der Waals surface area contributed by atoms with Crippen LogP contribution in [-0.4, -0.2) is 31.8 Å². The molecule has 3 aromatic rings. The highest BCUT2D eigenvalue weighted by Crippen LogP contribution is 2.42. The molecule has 2 amide bonds. The summed E-state index contributed by atoms with van der Waals surface area (Å²) in [5.74, 6) is 1.28. The number of hydrogen-bond acceptors (Lipinski definition) is 5. The Bertz CT molecular complexity index is 1210. The Kier molecular flexibility index (Phi) is 7.08. The van der Waals surface area contributed by atoms with Gasteiger partial charge in [0.2, 0.25) is 5.91 Å². The van der Waals surface area contributed by atoms with Crippen molar-refractivity contribution in [2.45, 2.75) is 31.6 Å². The Morgan fingerprint density at radius 1 is 0.971 bits per heavy atom. The first-order chi connectivity index (χ1) is 16.7. The molecule has 0 spiro atoms. The Morgan fingerprint density at radius 3 is 2.23 bits per heavy atom. The Balaban J connectivity index is 1.57. The van der Waals surface area contributed by atoms with Gasteiger partial charge in [0.25, 0.3) is 5.91 Å². The second kappa shape index (κ2) is 10.0. The minimum atomic E-state index is -0.274. The van der Waals surface area contributed by atoms with E-state index in [1.54, 1.807) is 44.2 Å². The number of hydrogen-bond donors (Lipinski definition) is 1. The third kappa shape index (κ3) is 5.46. The van der Waals surface area contributed by atoms with Crippen molar-refractivity contribution in [1.29, 1.82) is 0 Å². The molecule has 1 N–H and O–H groups in total. The molecule has 0 aromatic heterocycles. The van der Waals surface area contributed by atoms with Crippen LogP contribution in [0.3, 0.4) is 0 Å². The van der Waals surface area contributed by atoms with Crippen molar-refractivity contribution in [2.75, 3.05) is 30.2 Å². The van der Waals surface area contributed by atoms with Gasteiger partial charge in [-0.2, -0.15) is 0 Å². The van der Waals surface area contributed by atoms with Crippen LogP contribution in [0.2, 0.25) is 0 Å². The molecule has 35 heavy (non-hydrogen) atoms. The summed E-state index contributed by atoms with van der Waals surface area (Å²) < 4.78 is 10.5. The lowest BCUT2D eigenvalue weighted by Crippen LogP contribution is -2.28. The Hall–Kier alpha value is -3.45. The first-order valence-electron chi connectivity index (χ1n) is 11.4. The van der Waals surface area contributed by atoms with E-state index in [0.29, 0.717) is 28.5 Å².